The smallest absolute Gasteiger partial charge is 0.417 e. The minimum atomic E-state index is -5.03. The number of anilines is 3. The van der Waals surface area contributed by atoms with Gasteiger partial charge >= 0.3 is 6.18 Å². The number of carbonyl (C=O) groups is 1. The summed E-state index contributed by atoms with van der Waals surface area (Å²) in [5, 5.41) is 2.28. The molecule has 1 atom stereocenters. The topological polar surface area (TPSA) is 107 Å². The third-order valence-electron chi connectivity index (χ3n) is 7.90. The fraction of sp³-hybridized carbons (Fsp3) is 0.379. The fourth-order valence-corrected chi connectivity index (χ4v) is 5.33. The third kappa shape index (κ3) is 6.23. The Kier molecular flexibility index (Phi) is 8.59. The van der Waals surface area contributed by atoms with E-state index in [-0.39, 0.29) is 36.3 Å². The van der Waals surface area contributed by atoms with E-state index in [4.69, 9.17) is 4.74 Å². The number of hydrogen-bond acceptors (Lipinski definition) is 8. The van der Waals surface area contributed by atoms with E-state index in [1.54, 1.807) is 17.0 Å². The van der Waals surface area contributed by atoms with Crippen molar-refractivity contribution in [2.24, 2.45) is 0 Å². The summed E-state index contributed by atoms with van der Waals surface area (Å²) < 4.78 is 78.5. The van der Waals surface area contributed by atoms with Crippen molar-refractivity contribution in [2.45, 2.75) is 25.6 Å². The number of amides is 1. The Balaban J connectivity index is 1.55. The van der Waals surface area contributed by atoms with E-state index >= 15 is 8.78 Å². The lowest BCUT2D eigenvalue weighted by molar-refractivity contribution is -0.138. The largest absolute Gasteiger partial charge is 0.481 e. The molecule has 234 valence electrons. The van der Waals surface area contributed by atoms with Gasteiger partial charge < -0.3 is 29.7 Å². The molecule has 1 amide bonds. The second-order valence-corrected chi connectivity index (χ2v) is 10.6. The Morgan fingerprint density at radius 1 is 1.11 bits per heavy atom. The highest BCUT2D eigenvalue weighted by Crippen LogP contribution is 2.40. The van der Waals surface area contributed by atoms with Gasteiger partial charge in [0.15, 0.2) is 5.82 Å². The van der Waals surface area contributed by atoms with Gasteiger partial charge in [-0.1, -0.05) is 6.08 Å². The van der Waals surface area contributed by atoms with Gasteiger partial charge in [0, 0.05) is 63.2 Å². The number of carbonyl (C=O) groups excluding carboxylic acids is 1. The van der Waals surface area contributed by atoms with Crippen LogP contribution in [0.2, 0.25) is 0 Å². The molecule has 1 fully saturated rings. The third-order valence-corrected chi connectivity index (χ3v) is 7.90. The molecule has 15 heteroatoms. The first kappa shape index (κ1) is 30.9. The predicted octanol–water partition coefficient (Wildman–Crippen LogP) is 4.16. The number of nitrogens with zero attached hydrogens (tertiary/aromatic N) is 5. The number of halogens is 5. The molecule has 5 rings (SSSR count). The van der Waals surface area contributed by atoms with Gasteiger partial charge in [0.05, 0.1) is 29.5 Å². The van der Waals surface area contributed by atoms with Crippen molar-refractivity contribution in [3.63, 3.8) is 0 Å². The lowest BCUT2D eigenvalue weighted by Gasteiger charge is -2.40. The molecule has 3 aromatic rings. The number of aromatic amines is 1. The number of hydrogen-bond donors (Lipinski definition) is 2. The molecule has 2 aliphatic rings. The highest BCUT2D eigenvalue weighted by Gasteiger charge is 2.37. The summed E-state index contributed by atoms with van der Waals surface area (Å²) in [6, 6.07) is 2.98. The van der Waals surface area contributed by atoms with Gasteiger partial charge in [0.1, 0.15) is 23.6 Å². The van der Waals surface area contributed by atoms with Gasteiger partial charge in [-0.15, -0.1) is 0 Å². The number of methoxy groups -OCH3 is 1. The van der Waals surface area contributed by atoms with Crippen LogP contribution in [0.5, 0.6) is 5.88 Å². The Labute approximate surface area is 249 Å². The van der Waals surface area contributed by atoms with Crippen molar-refractivity contribution in [1.29, 1.82) is 0 Å². The van der Waals surface area contributed by atoms with E-state index in [0.717, 1.165) is 6.07 Å². The maximum absolute atomic E-state index is 16.4. The molecule has 0 bridgehead atoms. The quantitative estimate of drug-likeness (QED) is 0.397. The second-order valence-electron chi connectivity index (χ2n) is 10.6. The zero-order chi connectivity index (χ0) is 31.8. The Hall–Kier alpha value is -4.53. The average Bonchev–Trinajstić information content (AvgIpc) is 2.99. The van der Waals surface area contributed by atoms with Crippen LogP contribution in [0.3, 0.4) is 0 Å². The van der Waals surface area contributed by atoms with Gasteiger partial charge in [-0.3, -0.25) is 9.59 Å². The van der Waals surface area contributed by atoms with Crippen LogP contribution in [0.25, 0.3) is 5.57 Å². The van der Waals surface area contributed by atoms with Crippen molar-refractivity contribution in [2.75, 3.05) is 62.0 Å². The molecule has 2 N–H and O–H groups in total. The number of H-pyrrole nitrogens is 1. The lowest BCUT2D eigenvalue weighted by Crippen LogP contribution is -2.50. The van der Waals surface area contributed by atoms with Crippen molar-refractivity contribution < 1.29 is 31.5 Å². The number of nitrogens with one attached hydrogen (secondary N) is 2. The number of likely N-dealkylation sites (N-methyl/N-ethyl adjacent to an activating group) is 1. The van der Waals surface area contributed by atoms with Crippen LogP contribution >= 0.6 is 0 Å². The average molecular weight is 620 g/mol. The minimum absolute atomic E-state index is 0.00106. The fourth-order valence-electron chi connectivity index (χ4n) is 5.33. The summed E-state index contributed by atoms with van der Waals surface area (Å²) in [4.78, 5) is 40.7. The van der Waals surface area contributed by atoms with Crippen molar-refractivity contribution in [3.05, 3.63) is 75.5 Å². The molecule has 2 aromatic heterocycles. The number of pyridine rings is 1. The number of piperazine rings is 1. The Morgan fingerprint density at radius 2 is 1.89 bits per heavy atom. The molecule has 4 heterocycles. The summed E-state index contributed by atoms with van der Waals surface area (Å²) in [6.45, 7) is 3.77. The van der Waals surface area contributed by atoms with E-state index in [0.29, 0.717) is 49.6 Å². The summed E-state index contributed by atoms with van der Waals surface area (Å²) in [5.74, 6) is -2.38. The number of benzene rings is 1. The molecular formula is C29H30F5N7O3. The standard InChI is InChI=1S/C29H30F5N7O3/c1-16-14-41(9-8-39(16)2)21-11-20(30)25(17-4-6-40(7-5-17)22-12-24(44-3)37-15-36-22)26(31)27(21)38-28(43)18-13-35-23(42)10-19(18)29(32,33)34/h4,10-13,15-16H,5-9,14H2,1-3H3,(H,35,42)(H,38,43)/t16-/m0/s1. The van der Waals surface area contributed by atoms with Gasteiger partial charge in [0.2, 0.25) is 11.4 Å². The first-order chi connectivity index (χ1) is 20.9. The SMILES string of the molecule is COc1cc(N2CC=C(c3c(F)cc(N4CCN(C)[C@@H](C)C4)c(NC(=O)c4c[nH]c(=O)cc4C(F)(F)F)c3F)CC2)ncn1. The van der Waals surface area contributed by atoms with Crippen molar-refractivity contribution >= 4 is 28.7 Å². The predicted molar refractivity (Wildman–Crippen MR) is 154 cm³/mol. The second kappa shape index (κ2) is 12.2. The summed E-state index contributed by atoms with van der Waals surface area (Å²) >= 11 is 0. The summed E-state index contributed by atoms with van der Waals surface area (Å²) in [6.07, 6.45) is -1.23. The number of ether oxygens (including phenoxy) is 1. The molecule has 0 spiro atoms. The molecule has 1 saturated heterocycles. The molecule has 44 heavy (non-hydrogen) atoms. The van der Waals surface area contributed by atoms with Crippen LogP contribution in [0.1, 0.15) is 34.8 Å². The maximum Gasteiger partial charge on any atom is 0.417 e. The van der Waals surface area contributed by atoms with Gasteiger partial charge in [0.25, 0.3) is 5.91 Å². The molecule has 10 nitrogen and oxygen atoms in total. The molecular weight excluding hydrogens is 589 g/mol. The molecule has 0 saturated carbocycles. The molecule has 2 aliphatic heterocycles. The number of aromatic nitrogens is 3. The highest BCUT2D eigenvalue weighted by atomic mass is 19.4. The van der Waals surface area contributed by atoms with Crippen molar-refractivity contribution in [1.82, 2.24) is 19.9 Å². The zero-order valence-corrected chi connectivity index (χ0v) is 24.1. The monoisotopic (exact) mass is 619 g/mol. The molecule has 0 aliphatic carbocycles. The van der Waals surface area contributed by atoms with E-state index in [9.17, 15) is 22.8 Å². The van der Waals surface area contributed by atoms with E-state index < -0.39 is 46.1 Å². The zero-order valence-electron chi connectivity index (χ0n) is 24.1. The lowest BCUT2D eigenvalue weighted by atomic mass is 9.96. The Bertz CT molecular complexity index is 1660. The molecule has 0 unspecified atom stereocenters. The van der Waals surface area contributed by atoms with Gasteiger partial charge in [-0.25, -0.2) is 18.7 Å². The summed E-state index contributed by atoms with van der Waals surface area (Å²) in [7, 11) is 3.37. The normalized spacial score (nSPS) is 17.8. The van der Waals surface area contributed by atoms with Crippen molar-refractivity contribution in [3.8, 4) is 5.88 Å². The van der Waals surface area contributed by atoms with E-state index in [1.807, 2.05) is 18.9 Å². The minimum Gasteiger partial charge on any atom is -0.481 e. The first-order valence-corrected chi connectivity index (χ1v) is 13.8. The Morgan fingerprint density at radius 3 is 2.55 bits per heavy atom. The van der Waals surface area contributed by atoms with Crippen LogP contribution in [-0.2, 0) is 6.18 Å². The van der Waals surface area contributed by atoms with Crippen LogP contribution in [-0.4, -0.2) is 78.7 Å². The highest BCUT2D eigenvalue weighted by molar-refractivity contribution is 6.07. The van der Waals surface area contributed by atoms with Crippen LogP contribution in [0.4, 0.5) is 39.1 Å². The maximum atomic E-state index is 16.4. The van der Waals surface area contributed by atoms with Crippen LogP contribution in [0.15, 0.2) is 41.6 Å². The molecule has 1 aromatic carbocycles. The van der Waals surface area contributed by atoms with Crippen LogP contribution in [0, 0.1) is 11.6 Å². The number of rotatable bonds is 6. The molecule has 0 radical (unpaired) electrons. The summed E-state index contributed by atoms with van der Waals surface area (Å²) in [5.41, 5.74) is -3.96. The van der Waals surface area contributed by atoms with E-state index in [2.05, 4.69) is 25.2 Å². The van der Waals surface area contributed by atoms with Gasteiger partial charge in [-0.2, -0.15) is 13.2 Å². The van der Waals surface area contributed by atoms with Gasteiger partial charge in [-0.05, 0) is 26.0 Å². The number of alkyl halides is 3. The first-order valence-electron chi connectivity index (χ1n) is 13.8. The van der Waals surface area contributed by atoms with Crippen LogP contribution < -0.4 is 25.4 Å². The van der Waals surface area contributed by atoms with E-state index in [1.165, 1.54) is 13.4 Å².